The molecular formula is C27H29F2N5O. The van der Waals surface area contributed by atoms with Crippen LogP contribution in [-0.4, -0.2) is 36.2 Å². The van der Waals surface area contributed by atoms with Crippen molar-refractivity contribution in [1.82, 2.24) is 25.0 Å². The summed E-state index contributed by atoms with van der Waals surface area (Å²) in [6, 6.07) is 13.1. The summed E-state index contributed by atoms with van der Waals surface area (Å²) in [7, 11) is 0. The van der Waals surface area contributed by atoms with Gasteiger partial charge < -0.3 is 5.11 Å². The summed E-state index contributed by atoms with van der Waals surface area (Å²) >= 11 is 0. The van der Waals surface area contributed by atoms with Gasteiger partial charge in [-0.1, -0.05) is 32.9 Å². The Hall–Kier alpha value is -3.52. The fourth-order valence-corrected chi connectivity index (χ4v) is 4.08. The minimum atomic E-state index is -0.667. The molecule has 182 valence electrons. The third-order valence-corrected chi connectivity index (χ3v) is 6.19. The van der Waals surface area contributed by atoms with Crippen LogP contribution in [0.2, 0.25) is 0 Å². The maximum absolute atomic E-state index is 14.4. The molecule has 0 aliphatic rings. The second-order valence-corrected chi connectivity index (χ2v) is 8.92. The lowest BCUT2D eigenvalue weighted by Crippen LogP contribution is -2.12. The van der Waals surface area contributed by atoms with Crippen LogP contribution in [0.15, 0.2) is 54.7 Å². The lowest BCUT2D eigenvalue weighted by Gasteiger charge is -2.19. The second kappa shape index (κ2) is 10.4. The molecule has 0 spiro atoms. The maximum Gasteiger partial charge on any atom is 0.135 e. The van der Waals surface area contributed by atoms with Gasteiger partial charge in [0.15, 0.2) is 0 Å². The van der Waals surface area contributed by atoms with E-state index in [1.165, 1.54) is 18.2 Å². The van der Waals surface area contributed by atoms with Gasteiger partial charge in [-0.3, -0.25) is 9.67 Å². The Bertz CT molecular complexity index is 1300. The van der Waals surface area contributed by atoms with Crippen molar-refractivity contribution in [2.24, 2.45) is 0 Å². The smallest absolute Gasteiger partial charge is 0.135 e. The molecule has 0 saturated carbocycles. The van der Waals surface area contributed by atoms with Crippen LogP contribution in [0.3, 0.4) is 0 Å². The van der Waals surface area contributed by atoms with Crippen molar-refractivity contribution in [1.29, 1.82) is 0 Å². The van der Waals surface area contributed by atoms with E-state index in [1.807, 2.05) is 37.4 Å². The molecule has 4 rings (SSSR count). The Morgan fingerprint density at radius 2 is 1.63 bits per heavy atom. The predicted molar refractivity (Wildman–Crippen MR) is 131 cm³/mol. The zero-order valence-electron chi connectivity index (χ0n) is 20.3. The first-order valence-electron chi connectivity index (χ1n) is 11.8. The number of benzene rings is 1. The molecule has 3 aromatic heterocycles. The van der Waals surface area contributed by atoms with Crippen LogP contribution in [0.4, 0.5) is 8.78 Å². The molecule has 8 heteroatoms. The normalized spacial score (nSPS) is 14.0. The molecule has 0 saturated heterocycles. The van der Waals surface area contributed by atoms with Crippen LogP contribution in [0.1, 0.15) is 62.9 Å². The van der Waals surface area contributed by atoms with Crippen LogP contribution >= 0.6 is 0 Å². The highest BCUT2D eigenvalue weighted by Crippen LogP contribution is 2.34. The number of hydrogen-bond donors (Lipinski definition) is 1. The van der Waals surface area contributed by atoms with E-state index in [0.717, 1.165) is 23.4 Å². The van der Waals surface area contributed by atoms with E-state index >= 15 is 0 Å². The summed E-state index contributed by atoms with van der Waals surface area (Å²) in [6.07, 6.45) is 2.14. The molecule has 0 aliphatic heterocycles. The van der Waals surface area contributed by atoms with Crippen molar-refractivity contribution in [3.63, 3.8) is 0 Å². The molecular weight excluding hydrogens is 448 g/mol. The zero-order valence-corrected chi connectivity index (χ0v) is 20.3. The Balaban J connectivity index is 1.72. The van der Waals surface area contributed by atoms with Crippen molar-refractivity contribution in [2.45, 2.75) is 58.6 Å². The van der Waals surface area contributed by atoms with Crippen LogP contribution in [-0.2, 0) is 6.54 Å². The van der Waals surface area contributed by atoms with Gasteiger partial charge in [0.05, 0.1) is 35.3 Å². The molecule has 1 unspecified atom stereocenters. The molecule has 1 aromatic carbocycles. The van der Waals surface area contributed by atoms with Gasteiger partial charge in [0.25, 0.3) is 0 Å². The van der Waals surface area contributed by atoms with E-state index in [1.54, 1.807) is 17.7 Å². The van der Waals surface area contributed by atoms with Crippen LogP contribution in [0.5, 0.6) is 0 Å². The van der Waals surface area contributed by atoms with E-state index in [0.29, 0.717) is 17.9 Å². The predicted octanol–water partition coefficient (Wildman–Crippen LogP) is 5.73. The highest BCUT2D eigenvalue weighted by Gasteiger charge is 2.23. The van der Waals surface area contributed by atoms with E-state index < -0.39 is 17.7 Å². The topological polar surface area (TPSA) is 76.7 Å². The quantitative estimate of drug-likeness (QED) is 0.351. The van der Waals surface area contributed by atoms with Crippen LogP contribution in [0, 0.1) is 11.6 Å². The summed E-state index contributed by atoms with van der Waals surface area (Å²) in [4.78, 5) is 4.82. The lowest BCUT2D eigenvalue weighted by atomic mass is 9.89. The summed E-state index contributed by atoms with van der Waals surface area (Å²) in [5.41, 5.74) is 3.83. The summed E-state index contributed by atoms with van der Waals surface area (Å²) in [6.45, 7) is 8.23. The molecule has 4 aromatic rings. The van der Waals surface area contributed by atoms with Gasteiger partial charge >= 0.3 is 0 Å². The molecule has 0 aliphatic carbocycles. The number of rotatable bonds is 8. The fraction of sp³-hybridized carbons (Fsp3) is 0.333. The van der Waals surface area contributed by atoms with Crippen LogP contribution < -0.4 is 0 Å². The van der Waals surface area contributed by atoms with Gasteiger partial charge in [0.1, 0.15) is 17.3 Å². The molecule has 0 bridgehead atoms. The highest BCUT2D eigenvalue weighted by atomic mass is 19.1. The zero-order chi connectivity index (χ0) is 25.1. The van der Waals surface area contributed by atoms with Crippen molar-refractivity contribution in [3.05, 3.63) is 83.3 Å². The van der Waals surface area contributed by atoms with E-state index in [9.17, 15) is 13.9 Å². The Labute approximate surface area is 203 Å². The number of aromatic nitrogens is 5. The first-order chi connectivity index (χ1) is 16.8. The minimum absolute atomic E-state index is 0.107. The molecule has 0 amide bonds. The fourth-order valence-electron chi connectivity index (χ4n) is 4.08. The van der Waals surface area contributed by atoms with Crippen molar-refractivity contribution in [2.75, 3.05) is 0 Å². The molecule has 0 radical (unpaired) electrons. The monoisotopic (exact) mass is 477 g/mol. The van der Waals surface area contributed by atoms with Gasteiger partial charge in [-0.2, -0.15) is 15.3 Å². The summed E-state index contributed by atoms with van der Waals surface area (Å²) < 4.78 is 30.5. The largest absolute Gasteiger partial charge is 0.391 e. The van der Waals surface area contributed by atoms with E-state index in [-0.39, 0.29) is 23.1 Å². The lowest BCUT2D eigenvalue weighted by molar-refractivity contribution is 0.168. The molecule has 1 N–H and O–H groups in total. The molecule has 35 heavy (non-hydrogen) atoms. The first kappa shape index (κ1) is 24.6. The Morgan fingerprint density at radius 3 is 2.31 bits per heavy atom. The van der Waals surface area contributed by atoms with Crippen molar-refractivity contribution < 1.29 is 13.9 Å². The molecule has 6 nitrogen and oxygen atoms in total. The maximum atomic E-state index is 14.4. The number of aliphatic hydroxyl groups excluding tert-OH is 1. The van der Waals surface area contributed by atoms with Gasteiger partial charge in [-0.15, -0.1) is 0 Å². The Kier molecular flexibility index (Phi) is 7.31. The van der Waals surface area contributed by atoms with Gasteiger partial charge in [-0.25, -0.2) is 8.78 Å². The number of halogens is 2. The average Bonchev–Trinajstić information content (AvgIpc) is 3.31. The Morgan fingerprint density at radius 1 is 0.914 bits per heavy atom. The molecule has 0 fully saturated rings. The number of aliphatic hydroxyl groups is 1. The third kappa shape index (κ3) is 5.27. The van der Waals surface area contributed by atoms with Crippen molar-refractivity contribution in [3.8, 4) is 22.6 Å². The SMILES string of the molecule is CC[C@H](C)c1cc(-c2c(F)cccc2F)nnc1C(C)c1cccc(-c2ccn(C[C@H](C)O)n2)n1. The average molecular weight is 478 g/mol. The highest BCUT2D eigenvalue weighted by molar-refractivity contribution is 5.62. The van der Waals surface area contributed by atoms with Crippen LogP contribution in [0.25, 0.3) is 22.6 Å². The third-order valence-electron chi connectivity index (χ3n) is 6.19. The molecule has 3 atom stereocenters. The number of hydrogen-bond acceptors (Lipinski definition) is 5. The summed E-state index contributed by atoms with van der Waals surface area (Å²) in [5, 5.41) is 22.8. The standard InChI is InChI=1S/C27H29F2N5O/c1-5-16(2)19-14-25(26-20(28)8-6-9-21(26)29)31-32-27(19)18(4)22-10-7-11-23(30-22)24-12-13-34(33-24)15-17(3)35/h6-14,16-18,35H,5,15H2,1-4H3/t16-,17-,18?/m0/s1. The second-order valence-electron chi connectivity index (χ2n) is 8.92. The minimum Gasteiger partial charge on any atom is -0.391 e. The first-order valence-corrected chi connectivity index (χ1v) is 11.8. The van der Waals surface area contributed by atoms with Gasteiger partial charge in [0.2, 0.25) is 0 Å². The number of nitrogens with zero attached hydrogens (tertiary/aromatic N) is 5. The van der Waals surface area contributed by atoms with Crippen molar-refractivity contribution >= 4 is 0 Å². The van der Waals surface area contributed by atoms with Gasteiger partial charge in [-0.05, 0) is 61.2 Å². The number of pyridine rings is 1. The summed E-state index contributed by atoms with van der Waals surface area (Å²) in [5.74, 6) is -1.43. The van der Waals surface area contributed by atoms with Gasteiger partial charge in [0, 0.05) is 17.8 Å². The van der Waals surface area contributed by atoms with E-state index in [4.69, 9.17) is 4.98 Å². The van der Waals surface area contributed by atoms with E-state index in [2.05, 4.69) is 29.1 Å². The molecule has 3 heterocycles.